The predicted molar refractivity (Wildman–Crippen MR) is 74.4 cm³/mol. The first-order chi connectivity index (χ1) is 7.52. The number of hydrogen-bond acceptors (Lipinski definition) is 1. The first kappa shape index (κ1) is 15.3. The minimum atomic E-state index is 0.602. The molecule has 1 fully saturated rings. The summed E-state index contributed by atoms with van der Waals surface area (Å²) < 4.78 is 0. The average molecular weight is 223 g/mol. The fourth-order valence-corrected chi connectivity index (χ4v) is 2.22. The quantitative estimate of drug-likeness (QED) is 0.644. The first-order valence-corrected chi connectivity index (χ1v) is 6.46. The summed E-state index contributed by atoms with van der Waals surface area (Å²) in [6, 6.07) is 0. The normalized spacial score (nSPS) is 17.2. The Balaban J connectivity index is 0.00000106. The lowest BCUT2D eigenvalue weighted by molar-refractivity contribution is 0.181. The van der Waals surface area contributed by atoms with Gasteiger partial charge in [-0.1, -0.05) is 34.3 Å². The summed E-state index contributed by atoms with van der Waals surface area (Å²) >= 11 is 0. The standard InChI is InChI=1S/C13H25N.C2H4/c1-10(2)12(5)14-8-6-13(7-9-14)11(3)4;1-2/h10-11,13H,5-9H2,1-4H3;1-2H2. The van der Waals surface area contributed by atoms with Crippen LogP contribution in [-0.2, 0) is 0 Å². The second-order valence-corrected chi connectivity index (χ2v) is 5.21. The summed E-state index contributed by atoms with van der Waals surface area (Å²) in [6.45, 7) is 21.8. The average Bonchev–Trinajstić information content (AvgIpc) is 2.30. The van der Waals surface area contributed by atoms with Crippen molar-refractivity contribution in [2.24, 2.45) is 17.8 Å². The maximum absolute atomic E-state index is 4.17. The number of rotatable bonds is 3. The van der Waals surface area contributed by atoms with E-state index in [2.05, 4.69) is 52.3 Å². The van der Waals surface area contributed by atoms with Crippen LogP contribution in [0.1, 0.15) is 40.5 Å². The van der Waals surface area contributed by atoms with Crippen LogP contribution in [0.25, 0.3) is 0 Å². The van der Waals surface area contributed by atoms with Crippen molar-refractivity contribution >= 4 is 0 Å². The molecule has 0 atom stereocenters. The van der Waals surface area contributed by atoms with E-state index < -0.39 is 0 Å². The largest absolute Gasteiger partial charge is 0.375 e. The van der Waals surface area contributed by atoms with Gasteiger partial charge >= 0.3 is 0 Å². The minimum Gasteiger partial charge on any atom is -0.375 e. The van der Waals surface area contributed by atoms with Crippen molar-refractivity contribution in [1.82, 2.24) is 4.90 Å². The van der Waals surface area contributed by atoms with Crippen molar-refractivity contribution in [2.45, 2.75) is 40.5 Å². The Hall–Kier alpha value is -0.720. The highest BCUT2D eigenvalue weighted by atomic mass is 15.1. The molecule has 1 aliphatic heterocycles. The smallest absolute Gasteiger partial charge is 0.0177 e. The summed E-state index contributed by atoms with van der Waals surface area (Å²) in [4.78, 5) is 2.48. The molecule has 0 N–H and O–H groups in total. The number of piperidine rings is 1. The Morgan fingerprint density at radius 1 is 1.06 bits per heavy atom. The summed E-state index contributed by atoms with van der Waals surface area (Å²) in [5.41, 5.74) is 1.33. The summed E-state index contributed by atoms with van der Waals surface area (Å²) in [7, 11) is 0. The molecule has 1 heteroatoms. The van der Waals surface area contributed by atoms with E-state index >= 15 is 0 Å². The Bertz CT molecular complexity index is 197. The molecule has 1 rings (SSSR count). The van der Waals surface area contributed by atoms with Gasteiger partial charge in [-0.25, -0.2) is 0 Å². The van der Waals surface area contributed by atoms with E-state index in [1.807, 2.05) is 0 Å². The van der Waals surface area contributed by atoms with Crippen molar-refractivity contribution in [3.63, 3.8) is 0 Å². The molecule has 1 heterocycles. The Kier molecular flexibility index (Phi) is 7.20. The molecule has 0 spiro atoms. The molecule has 0 aromatic carbocycles. The van der Waals surface area contributed by atoms with Crippen LogP contribution in [0.4, 0.5) is 0 Å². The molecule has 0 bridgehead atoms. The van der Waals surface area contributed by atoms with Gasteiger partial charge in [0.1, 0.15) is 0 Å². The SMILES string of the molecule is C=C.C=C(C(C)C)N1CCC(C(C)C)CC1. The van der Waals surface area contributed by atoms with Crippen molar-refractivity contribution in [1.29, 1.82) is 0 Å². The third-order valence-electron chi connectivity index (χ3n) is 3.56. The molecular weight excluding hydrogens is 194 g/mol. The van der Waals surface area contributed by atoms with Crippen LogP contribution in [-0.4, -0.2) is 18.0 Å². The van der Waals surface area contributed by atoms with E-state index in [0.717, 1.165) is 11.8 Å². The lowest BCUT2D eigenvalue weighted by Crippen LogP contribution is -2.35. The zero-order valence-electron chi connectivity index (χ0n) is 11.6. The molecule has 16 heavy (non-hydrogen) atoms. The van der Waals surface area contributed by atoms with Crippen LogP contribution in [0.3, 0.4) is 0 Å². The van der Waals surface area contributed by atoms with E-state index in [-0.39, 0.29) is 0 Å². The molecule has 1 nitrogen and oxygen atoms in total. The molecule has 1 aliphatic rings. The van der Waals surface area contributed by atoms with E-state index in [1.54, 1.807) is 0 Å². The molecule has 0 aromatic heterocycles. The monoisotopic (exact) mass is 223 g/mol. The van der Waals surface area contributed by atoms with E-state index in [0.29, 0.717) is 5.92 Å². The van der Waals surface area contributed by atoms with E-state index in [9.17, 15) is 0 Å². The molecule has 0 radical (unpaired) electrons. The molecule has 0 unspecified atom stereocenters. The van der Waals surface area contributed by atoms with Gasteiger partial charge in [0.25, 0.3) is 0 Å². The highest BCUT2D eigenvalue weighted by Gasteiger charge is 2.22. The Morgan fingerprint density at radius 3 is 1.81 bits per heavy atom. The van der Waals surface area contributed by atoms with Crippen LogP contribution < -0.4 is 0 Å². The lowest BCUT2D eigenvalue weighted by Gasteiger charge is -2.37. The van der Waals surface area contributed by atoms with Gasteiger partial charge in [-0.05, 0) is 30.6 Å². The van der Waals surface area contributed by atoms with Gasteiger partial charge in [0.05, 0.1) is 0 Å². The fraction of sp³-hybridized carbons (Fsp3) is 0.733. The van der Waals surface area contributed by atoms with Crippen LogP contribution in [0, 0.1) is 17.8 Å². The van der Waals surface area contributed by atoms with Gasteiger partial charge in [-0.3, -0.25) is 0 Å². The first-order valence-electron chi connectivity index (χ1n) is 6.46. The Morgan fingerprint density at radius 2 is 1.50 bits per heavy atom. The van der Waals surface area contributed by atoms with Crippen molar-refractivity contribution < 1.29 is 0 Å². The molecule has 0 aliphatic carbocycles. The van der Waals surface area contributed by atoms with E-state index in [4.69, 9.17) is 0 Å². The third-order valence-corrected chi connectivity index (χ3v) is 3.56. The van der Waals surface area contributed by atoms with Gasteiger partial charge < -0.3 is 4.90 Å². The molecule has 0 aromatic rings. The fourth-order valence-electron chi connectivity index (χ4n) is 2.22. The topological polar surface area (TPSA) is 3.24 Å². The molecule has 0 amide bonds. The third kappa shape index (κ3) is 4.42. The van der Waals surface area contributed by atoms with E-state index in [1.165, 1.54) is 31.6 Å². The van der Waals surface area contributed by atoms with Crippen molar-refractivity contribution in [3.05, 3.63) is 25.4 Å². The van der Waals surface area contributed by atoms with Crippen LogP contribution in [0.5, 0.6) is 0 Å². The van der Waals surface area contributed by atoms with Gasteiger partial charge in [0, 0.05) is 18.8 Å². The number of allylic oxidation sites excluding steroid dienone is 1. The Labute approximate surface area is 102 Å². The van der Waals surface area contributed by atoms with Gasteiger partial charge in [-0.15, -0.1) is 13.2 Å². The zero-order valence-corrected chi connectivity index (χ0v) is 11.6. The van der Waals surface area contributed by atoms with Gasteiger partial charge in [0.2, 0.25) is 0 Å². The maximum atomic E-state index is 4.17. The van der Waals surface area contributed by atoms with Crippen LogP contribution in [0.2, 0.25) is 0 Å². The summed E-state index contributed by atoms with van der Waals surface area (Å²) in [5.74, 6) is 2.39. The number of hydrogen-bond donors (Lipinski definition) is 0. The zero-order chi connectivity index (χ0) is 12.7. The van der Waals surface area contributed by atoms with Gasteiger partial charge in [-0.2, -0.15) is 0 Å². The number of nitrogens with zero attached hydrogens (tertiary/aromatic N) is 1. The molecule has 1 saturated heterocycles. The lowest BCUT2D eigenvalue weighted by atomic mass is 9.86. The van der Waals surface area contributed by atoms with Crippen LogP contribution in [0.15, 0.2) is 25.4 Å². The van der Waals surface area contributed by atoms with Crippen LogP contribution >= 0.6 is 0 Å². The second-order valence-electron chi connectivity index (χ2n) is 5.21. The summed E-state index contributed by atoms with van der Waals surface area (Å²) in [5, 5.41) is 0. The molecule has 94 valence electrons. The number of likely N-dealkylation sites (tertiary alicyclic amines) is 1. The molecule has 0 saturated carbocycles. The highest BCUT2D eigenvalue weighted by Crippen LogP contribution is 2.27. The van der Waals surface area contributed by atoms with Crippen molar-refractivity contribution in [3.8, 4) is 0 Å². The van der Waals surface area contributed by atoms with Gasteiger partial charge in [0.15, 0.2) is 0 Å². The maximum Gasteiger partial charge on any atom is 0.0177 e. The highest BCUT2D eigenvalue weighted by molar-refractivity contribution is 4.98. The summed E-state index contributed by atoms with van der Waals surface area (Å²) in [6.07, 6.45) is 2.70. The second kappa shape index (κ2) is 7.54. The predicted octanol–water partition coefficient (Wildman–Crippen LogP) is 4.33. The van der Waals surface area contributed by atoms with Crippen molar-refractivity contribution in [2.75, 3.05) is 13.1 Å². The molecular formula is C15H29N. The minimum absolute atomic E-state index is 0.602.